The number of esters is 1. The van der Waals surface area contributed by atoms with E-state index in [0.29, 0.717) is 18.0 Å². The van der Waals surface area contributed by atoms with Gasteiger partial charge in [-0.1, -0.05) is 6.07 Å². The van der Waals surface area contributed by atoms with Crippen LogP contribution in [0, 0.1) is 0 Å². The van der Waals surface area contributed by atoms with Crippen molar-refractivity contribution in [2.75, 3.05) is 19.2 Å². The molecule has 0 unspecified atom stereocenters. The van der Waals surface area contributed by atoms with Crippen molar-refractivity contribution in [2.45, 2.75) is 18.2 Å². The minimum Gasteiger partial charge on any atom is -0.455 e. The normalized spacial score (nSPS) is 17.5. The first-order valence-electron chi connectivity index (χ1n) is 8.20. The number of aryl methyl sites for hydroxylation is 1. The molecule has 1 atom stereocenters. The van der Waals surface area contributed by atoms with Crippen molar-refractivity contribution in [3.63, 3.8) is 0 Å². The van der Waals surface area contributed by atoms with Crippen LogP contribution in [0.3, 0.4) is 0 Å². The molecule has 4 rings (SSSR count). The first-order chi connectivity index (χ1) is 12.7. The van der Waals surface area contributed by atoms with Gasteiger partial charge in [-0.15, -0.1) is 23.1 Å². The molecule has 0 fully saturated rings. The monoisotopic (exact) mass is 391 g/mol. The molecule has 1 aromatic heterocycles. The number of amides is 1. The smallest absolute Gasteiger partial charge is 0.324 e. The summed E-state index contributed by atoms with van der Waals surface area (Å²) in [5, 5.41) is 4.41. The third-order valence-corrected chi connectivity index (χ3v) is 6.38. The highest BCUT2D eigenvalue weighted by Crippen LogP contribution is 2.40. The van der Waals surface area contributed by atoms with Crippen LogP contribution in [0.15, 0.2) is 29.6 Å². The maximum absolute atomic E-state index is 12.3. The highest BCUT2D eigenvalue weighted by atomic mass is 32.2. The third-order valence-electron chi connectivity index (χ3n) is 4.16. The molecule has 26 heavy (non-hydrogen) atoms. The number of fused-ring (bicyclic) bond motifs is 2. The van der Waals surface area contributed by atoms with Crippen LogP contribution >= 0.6 is 23.1 Å². The van der Waals surface area contributed by atoms with E-state index in [1.165, 1.54) is 4.88 Å². The van der Waals surface area contributed by atoms with Gasteiger partial charge in [0, 0.05) is 11.4 Å². The van der Waals surface area contributed by atoms with Gasteiger partial charge >= 0.3 is 5.97 Å². The molecule has 0 aliphatic carbocycles. The van der Waals surface area contributed by atoms with Crippen LogP contribution in [0.5, 0.6) is 11.5 Å². The minimum atomic E-state index is -0.354. The van der Waals surface area contributed by atoms with Gasteiger partial charge in [0.25, 0.3) is 5.91 Å². The SMILES string of the molecule is O=C(COC(=O)[C@H]1SCCc2sccc21)NCc1ccc2c(c1)OCO2. The lowest BCUT2D eigenvalue weighted by Crippen LogP contribution is -2.29. The van der Waals surface area contributed by atoms with Gasteiger partial charge in [-0.05, 0) is 46.9 Å². The number of nitrogens with one attached hydrogen (secondary N) is 1. The molecule has 136 valence electrons. The highest BCUT2D eigenvalue weighted by Gasteiger charge is 2.29. The number of rotatable bonds is 5. The largest absolute Gasteiger partial charge is 0.455 e. The minimum absolute atomic E-state index is 0.214. The second kappa shape index (κ2) is 7.59. The van der Waals surface area contributed by atoms with E-state index in [2.05, 4.69) is 5.32 Å². The molecular formula is C18H17NO5S2. The Labute approximate surface area is 158 Å². The number of ether oxygens (including phenoxy) is 3. The lowest BCUT2D eigenvalue weighted by Gasteiger charge is -2.20. The number of carbonyl (C=O) groups is 2. The van der Waals surface area contributed by atoms with E-state index in [1.54, 1.807) is 23.1 Å². The van der Waals surface area contributed by atoms with Crippen LogP contribution in [-0.2, 0) is 27.3 Å². The molecule has 2 aliphatic heterocycles. The Hall–Kier alpha value is -2.19. The standard InChI is InChI=1S/C18H17NO5S2/c20-16(19-8-11-1-2-13-14(7-11)24-10-23-13)9-22-18(21)17-12-3-5-25-15(12)4-6-26-17/h1-3,5,7,17H,4,6,8-10H2,(H,19,20)/t17-/m0/s1. The molecule has 0 spiro atoms. The zero-order chi connectivity index (χ0) is 17.9. The predicted molar refractivity (Wildman–Crippen MR) is 98.6 cm³/mol. The van der Waals surface area contributed by atoms with Gasteiger partial charge in [-0.2, -0.15) is 0 Å². The first-order valence-corrected chi connectivity index (χ1v) is 10.1. The van der Waals surface area contributed by atoms with Crippen molar-refractivity contribution < 1.29 is 23.8 Å². The Morgan fingerprint density at radius 3 is 3.04 bits per heavy atom. The van der Waals surface area contributed by atoms with Crippen LogP contribution < -0.4 is 14.8 Å². The average Bonchev–Trinajstić information content (AvgIpc) is 3.32. The summed E-state index contributed by atoms with van der Waals surface area (Å²) in [5.41, 5.74) is 1.91. The topological polar surface area (TPSA) is 73.9 Å². The summed E-state index contributed by atoms with van der Waals surface area (Å²) in [6, 6.07) is 7.46. The second-order valence-electron chi connectivity index (χ2n) is 5.87. The molecule has 2 aliphatic rings. The fraction of sp³-hybridized carbons (Fsp3) is 0.333. The van der Waals surface area contributed by atoms with Crippen LogP contribution in [0.2, 0.25) is 0 Å². The van der Waals surface area contributed by atoms with E-state index < -0.39 is 0 Å². The fourth-order valence-electron chi connectivity index (χ4n) is 2.86. The Balaban J connectivity index is 1.26. The van der Waals surface area contributed by atoms with Gasteiger partial charge in [-0.25, -0.2) is 0 Å². The zero-order valence-corrected chi connectivity index (χ0v) is 15.5. The number of hydrogen-bond acceptors (Lipinski definition) is 7. The molecular weight excluding hydrogens is 374 g/mol. The van der Waals surface area contributed by atoms with Crippen molar-refractivity contribution in [3.8, 4) is 11.5 Å². The molecule has 1 aromatic carbocycles. The first kappa shape index (κ1) is 17.2. The van der Waals surface area contributed by atoms with Gasteiger partial charge in [0.15, 0.2) is 18.1 Å². The summed E-state index contributed by atoms with van der Waals surface area (Å²) in [4.78, 5) is 25.5. The highest BCUT2D eigenvalue weighted by molar-refractivity contribution is 8.00. The van der Waals surface area contributed by atoms with Crippen molar-refractivity contribution in [1.82, 2.24) is 5.32 Å². The van der Waals surface area contributed by atoms with E-state index in [-0.39, 0.29) is 30.5 Å². The molecule has 2 aromatic rings. The summed E-state index contributed by atoms with van der Waals surface area (Å²) in [5.74, 6) is 1.58. The Bertz CT molecular complexity index is 835. The number of benzene rings is 1. The van der Waals surface area contributed by atoms with Gasteiger partial charge in [0.1, 0.15) is 5.25 Å². The van der Waals surface area contributed by atoms with E-state index >= 15 is 0 Å². The van der Waals surface area contributed by atoms with Crippen molar-refractivity contribution in [3.05, 3.63) is 45.6 Å². The molecule has 1 amide bonds. The second-order valence-corrected chi connectivity index (χ2v) is 8.09. The van der Waals surface area contributed by atoms with Crippen LogP contribution in [-0.4, -0.2) is 31.0 Å². The molecule has 0 saturated carbocycles. The lowest BCUT2D eigenvalue weighted by molar-refractivity contribution is -0.148. The average molecular weight is 391 g/mol. The molecule has 3 heterocycles. The van der Waals surface area contributed by atoms with E-state index in [0.717, 1.165) is 23.3 Å². The van der Waals surface area contributed by atoms with E-state index in [1.807, 2.05) is 29.6 Å². The van der Waals surface area contributed by atoms with E-state index in [4.69, 9.17) is 14.2 Å². The number of hydrogen-bond donors (Lipinski definition) is 1. The maximum Gasteiger partial charge on any atom is 0.324 e. The van der Waals surface area contributed by atoms with Gasteiger partial charge in [0.05, 0.1) is 0 Å². The molecule has 1 N–H and O–H groups in total. The van der Waals surface area contributed by atoms with Crippen LogP contribution in [0.1, 0.15) is 21.3 Å². The Morgan fingerprint density at radius 1 is 1.23 bits per heavy atom. The van der Waals surface area contributed by atoms with E-state index in [9.17, 15) is 9.59 Å². The van der Waals surface area contributed by atoms with Crippen molar-refractivity contribution in [2.24, 2.45) is 0 Å². The zero-order valence-electron chi connectivity index (χ0n) is 13.9. The van der Waals surface area contributed by atoms with Crippen LogP contribution in [0.25, 0.3) is 0 Å². The predicted octanol–water partition coefficient (Wildman–Crippen LogP) is 2.67. The Morgan fingerprint density at radius 2 is 2.12 bits per heavy atom. The summed E-state index contributed by atoms with van der Waals surface area (Å²) in [6.07, 6.45) is 0.984. The molecule has 0 bridgehead atoms. The quantitative estimate of drug-likeness (QED) is 0.790. The molecule has 0 saturated heterocycles. The summed E-state index contributed by atoms with van der Waals surface area (Å²) >= 11 is 3.23. The summed E-state index contributed by atoms with van der Waals surface area (Å²) in [7, 11) is 0. The number of thiophene rings is 1. The third kappa shape index (κ3) is 3.66. The fourth-order valence-corrected chi connectivity index (χ4v) is 5.14. The van der Waals surface area contributed by atoms with Crippen LogP contribution in [0.4, 0.5) is 0 Å². The number of thioether (sulfide) groups is 1. The molecule has 8 heteroatoms. The molecule has 0 radical (unpaired) electrons. The van der Waals surface area contributed by atoms with Crippen molar-refractivity contribution >= 4 is 35.0 Å². The lowest BCUT2D eigenvalue weighted by atomic mass is 10.1. The summed E-state index contributed by atoms with van der Waals surface area (Å²) in [6.45, 7) is 0.270. The van der Waals surface area contributed by atoms with Gasteiger partial charge in [-0.3, -0.25) is 9.59 Å². The maximum atomic E-state index is 12.3. The van der Waals surface area contributed by atoms with Gasteiger partial charge < -0.3 is 19.5 Å². The summed E-state index contributed by atoms with van der Waals surface area (Å²) < 4.78 is 15.8. The van der Waals surface area contributed by atoms with Crippen molar-refractivity contribution in [1.29, 1.82) is 0 Å². The molecule has 6 nitrogen and oxygen atoms in total. The van der Waals surface area contributed by atoms with Gasteiger partial charge in [0.2, 0.25) is 6.79 Å². The Kier molecular flexibility index (Phi) is 5.03. The number of carbonyl (C=O) groups excluding carboxylic acids is 2.